The van der Waals surface area contributed by atoms with E-state index < -0.39 is 11.7 Å². The van der Waals surface area contributed by atoms with E-state index in [-0.39, 0.29) is 43.9 Å². The van der Waals surface area contributed by atoms with E-state index in [0.717, 1.165) is 5.56 Å². The maximum atomic E-state index is 13.6. The Balaban J connectivity index is 1.70. The highest BCUT2D eigenvalue weighted by Gasteiger charge is 2.28. The molecule has 4 amide bonds. The van der Waals surface area contributed by atoms with Gasteiger partial charge in [0.1, 0.15) is 12.1 Å². The van der Waals surface area contributed by atoms with E-state index in [2.05, 4.69) is 16.2 Å². The van der Waals surface area contributed by atoms with Gasteiger partial charge in [0.25, 0.3) is 11.8 Å². The first-order valence-electron chi connectivity index (χ1n) is 15.0. The molecular formula is C32H47N7O5. The van der Waals surface area contributed by atoms with Crippen LogP contribution in [-0.2, 0) is 27.4 Å². The van der Waals surface area contributed by atoms with Crippen LogP contribution in [0.5, 0.6) is 0 Å². The maximum absolute atomic E-state index is 13.6. The van der Waals surface area contributed by atoms with E-state index >= 15 is 0 Å². The second-order valence-electron chi connectivity index (χ2n) is 11.8. The van der Waals surface area contributed by atoms with Gasteiger partial charge in [-0.05, 0) is 69.5 Å². The van der Waals surface area contributed by atoms with Gasteiger partial charge in [0.05, 0.1) is 6.54 Å². The molecule has 0 aromatic heterocycles. The third kappa shape index (κ3) is 9.68. The number of likely N-dealkylation sites (N-methyl/N-ethyl adjacent to an activating group) is 2. The lowest BCUT2D eigenvalue weighted by atomic mass is 10.1. The number of benzene rings is 2. The summed E-state index contributed by atoms with van der Waals surface area (Å²) in [5.41, 5.74) is 9.06. The molecule has 44 heavy (non-hydrogen) atoms. The standard InChI is InChI=1S/C32H47N7O5/c1-8-34-35-30(42)24-14-15-27(23(3)18-24)33-19-28(40)38(17-16-37(9-2)31(43)44-32(4,5)6)22-29(41)36(7)39-20-25-12-10-11-13-26(25)21-39/h10-15,18,33-34H,8-9,16-17,19-22H2,1-7H3,(H,35,42). The lowest BCUT2D eigenvalue weighted by molar-refractivity contribution is -0.151. The molecule has 3 rings (SSSR count). The minimum absolute atomic E-state index is 0.0749. The number of ether oxygens (including phenoxy) is 1. The van der Waals surface area contributed by atoms with Crippen LogP contribution in [0, 0.1) is 6.92 Å². The number of aryl methyl sites for hydroxylation is 1. The number of amides is 4. The molecule has 12 heteroatoms. The van der Waals surface area contributed by atoms with Gasteiger partial charge in [-0.1, -0.05) is 31.2 Å². The molecule has 240 valence electrons. The second-order valence-corrected chi connectivity index (χ2v) is 11.8. The molecule has 0 unspecified atom stereocenters. The van der Waals surface area contributed by atoms with Crippen LogP contribution < -0.4 is 16.2 Å². The van der Waals surface area contributed by atoms with E-state index in [0.29, 0.717) is 37.4 Å². The molecule has 1 aliphatic heterocycles. The first kappa shape index (κ1) is 34.3. The van der Waals surface area contributed by atoms with E-state index in [1.165, 1.54) is 20.9 Å². The van der Waals surface area contributed by atoms with Crippen molar-refractivity contribution in [2.45, 2.75) is 60.2 Å². The fourth-order valence-electron chi connectivity index (χ4n) is 4.72. The highest BCUT2D eigenvalue weighted by atomic mass is 16.6. The molecule has 0 spiro atoms. The number of hydrogen-bond acceptors (Lipinski definition) is 8. The molecule has 0 aliphatic carbocycles. The third-order valence-electron chi connectivity index (χ3n) is 7.26. The van der Waals surface area contributed by atoms with Gasteiger partial charge in [-0.15, -0.1) is 0 Å². The molecule has 0 saturated heterocycles. The summed E-state index contributed by atoms with van der Waals surface area (Å²) in [6, 6.07) is 13.2. The zero-order valence-corrected chi connectivity index (χ0v) is 27.0. The molecule has 1 aliphatic rings. The van der Waals surface area contributed by atoms with Gasteiger partial charge in [0, 0.05) is 57.6 Å². The average Bonchev–Trinajstić information content (AvgIpc) is 3.41. The van der Waals surface area contributed by atoms with Crippen LogP contribution in [0.1, 0.15) is 61.7 Å². The monoisotopic (exact) mass is 609 g/mol. The van der Waals surface area contributed by atoms with E-state index in [4.69, 9.17) is 4.74 Å². The van der Waals surface area contributed by atoms with Gasteiger partial charge in [0.2, 0.25) is 5.91 Å². The lowest BCUT2D eigenvalue weighted by Crippen LogP contribution is -2.50. The van der Waals surface area contributed by atoms with Crippen molar-refractivity contribution < 1.29 is 23.9 Å². The number of carbonyl (C=O) groups is 4. The average molecular weight is 610 g/mol. The van der Waals surface area contributed by atoms with Gasteiger partial charge in [-0.25, -0.2) is 15.2 Å². The molecule has 2 aromatic rings. The van der Waals surface area contributed by atoms with Crippen LogP contribution in [0.2, 0.25) is 0 Å². The fourth-order valence-corrected chi connectivity index (χ4v) is 4.72. The summed E-state index contributed by atoms with van der Waals surface area (Å²) in [6.45, 7) is 13.3. The first-order valence-corrected chi connectivity index (χ1v) is 15.0. The van der Waals surface area contributed by atoms with Crippen molar-refractivity contribution in [3.63, 3.8) is 0 Å². The number of carbonyl (C=O) groups excluding carboxylic acids is 4. The van der Waals surface area contributed by atoms with Gasteiger partial charge >= 0.3 is 6.09 Å². The van der Waals surface area contributed by atoms with Crippen LogP contribution in [-0.4, -0.2) is 95.5 Å². The number of fused-ring (bicyclic) bond motifs is 1. The molecule has 2 aromatic carbocycles. The van der Waals surface area contributed by atoms with E-state index in [1.807, 2.05) is 50.0 Å². The number of hydrazine groups is 2. The quantitative estimate of drug-likeness (QED) is 0.296. The van der Waals surface area contributed by atoms with Crippen molar-refractivity contribution in [1.29, 1.82) is 0 Å². The summed E-state index contributed by atoms with van der Waals surface area (Å²) in [6.07, 6.45) is -0.474. The highest BCUT2D eigenvalue weighted by Crippen LogP contribution is 2.23. The fraction of sp³-hybridized carbons (Fsp3) is 0.500. The van der Waals surface area contributed by atoms with Crippen molar-refractivity contribution in [3.8, 4) is 0 Å². The molecule has 0 bridgehead atoms. The molecule has 3 N–H and O–H groups in total. The summed E-state index contributed by atoms with van der Waals surface area (Å²) in [7, 11) is 1.71. The summed E-state index contributed by atoms with van der Waals surface area (Å²) < 4.78 is 5.52. The Morgan fingerprint density at radius 2 is 1.57 bits per heavy atom. The topological polar surface area (TPSA) is 127 Å². The van der Waals surface area contributed by atoms with Crippen LogP contribution in [0.15, 0.2) is 42.5 Å². The van der Waals surface area contributed by atoms with Crippen molar-refractivity contribution in [1.82, 2.24) is 30.7 Å². The molecular weight excluding hydrogens is 562 g/mol. The first-order chi connectivity index (χ1) is 20.8. The van der Waals surface area contributed by atoms with Gasteiger partial charge < -0.3 is 19.9 Å². The number of nitrogens with one attached hydrogen (secondary N) is 3. The number of hydrogen-bond donors (Lipinski definition) is 3. The van der Waals surface area contributed by atoms with E-state index in [1.54, 1.807) is 51.0 Å². The molecule has 0 atom stereocenters. The van der Waals surface area contributed by atoms with Crippen molar-refractivity contribution in [3.05, 3.63) is 64.7 Å². The van der Waals surface area contributed by atoms with Crippen molar-refractivity contribution >= 4 is 29.5 Å². The number of nitrogens with zero attached hydrogens (tertiary/aromatic N) is 4. The Kier molecular flexibility index (Phi) is 12.1. The molecule has 12 nitrogen and oxygen atoms in total. The van der Waals surface area contributed by atoms with Crippen molar-refractivity contribution in [2.75, 3.05) is 51.6 Å². The zero-order valence-electron chi connectivity index (χ0n) is 27.0. The summed E-state index contributed by atoms with van der Waals surface area (Å²) in [5, 5.41) is 6.67. The van der Waals surface area contributed by atoms with Gasteiger partial charge in [0.15, 0.2) is 0 Å². The molecule has 1 heterocycles. The maximum Gasteiger partial charge on any atom is 0.410 e. The Bertz CT molecular complexity index is 1300. The third-order valence-corrected chi connectivity index (χ3v) is 7.26. The van der Waals surface area contributed by atoms with Crippen LogP contribution >= 0.6 is 0 Å². The Morgan fingerprint density at radius 1 is 0.932 bits per heavy atom. The smallest absolute Gasteiger partial charge is 0.410 e. The molecule has 0 fully saturated rings. The predicted molar refractivity (Wildman–Crippen MR) is 169 cm³/mol. The summed E-state index contributed by atoms with van der Waals surface area (Å²) >= 11 is 0. The highest BCUT2D eigenvalue weighted by molar-refractivity contribution is 5.94. The van der Waals surface area contributed by atoms with Gasteiger partial charge in [-0.2, -0.15) is 0 Å². The molecule has 0 radical (unpaired) electrons. The Labute approximate surface area is 260 Å². The van der Waals surface area contributed by atoms with E-state index in [9.17, 15) is 19.2 Å². The zero-order chi connectivity index (χ0) is 32.4. The van der Waals surface area contributed by atoms with Crippen LogP contribution in [0.3, 0.4) is 0 Å². The Morgan fingerprint density at radius 3 is 2.14 bits per heavy atom. The number of rotatable bonds is 13. The SMILES string of the molecule is CCNNC(=O)c1ccc(NCC(=O)N(CCN(CC)C(=O)OC(C)(C)C)CC(=O)N(C)N2Cc3ccccc3C2)c(C)c1. The lowest BCUT2D eigenvalue weighted by Gasteiger charge is -2.32. The minimum atomic E-state index is -0.656. The normalized spacial score (nSPS) is 12.7. The minimum Gasteiger partial charge on any atom is -0.444 e. The Hall–Kier alpha value is -4.16. The predicted octanol–water partition coefficient (Wildman–Crippen LogP) is 3.14. The number of anilines is 1. The summed E-state index contributed by atoms with van der Waals surface area (Å²) in [4.78, 5) is 55.0. The van der Waals surface area contributed by atoms with Gasteiger partial charge in [-0.3, -0.25) is 24.8 Å². The van der Waals surface area contributed by atoms with Crippen LogP contribution in [0.25, 0.3) is 0 Å². The summed E-state index contributed by atoms with van der Waals surface area (Å²) in [5.74, 6) is -0.790. The second kappa shape index (κ2) is 15.5. The largest absolute Gasteiger partial charge is 0.444 e. The van der Waals surface area contributed by atoms with Crippen LogP contribution in [0.4, 0.5) is 10.5 Å². The molecule has 0 saturated carbocycles. The van der Waals surface area contributed by atoms with Crippen molar-refractivity contribution in [2.24, 2.45) is 0 Å².